The fraction of sp³-hybridized carbons (Fsp3) is 0.213. The Morgan fingerprint density at radius 1 is 0.677 bits per heavy atom. The zero-order valence-electron chi connectivity index (χ0n) is 32.5. The van der Waals surface area contributed by atoms with Crippen molar-refractivity contribution in [3.8, 4) is 15.5 Å². The number of hydrogen-bond acceptors (Lipinski definition) is 15. The topological polar surface area (TPSA) is 86.2 Å². The fourth-order valence-corrected chi connectivity index (χ4v) is 15.8. The number of hydrogen-bond donors (Lipinski definition) is 1. The normalized spacial score (nSPS) is 18.9. The van der Waals surface area contributed by atoms with E-state index in [1.54, 1.807) is 11.3 Å². The first-order valence-corrected chi connectivity index (χ1v) is 25.0. The number of nitrogens with one attached hydrogen (secondary N) is 1. The predicted molar refractivity (Wildman–Crippen MR) is 268 cm³/mol. The summed E-state index contributed by atoms with van der Waals surface area (Å²) in [7, 11) is 0. The lowest BCUT2D eigenvalue weighted by molar-refractivity contribution is -0.183. The molecule has 2 saturated carbocycles. The van der Waals surface area contributed by atoms with Crippen LogP contribution in [0, 0.1) is 11.8 Å². The second-order valence-electron chi connectivity index (χ2n) is 15.6. The summed E-state index contributed by atoms with van der Waals surface area (Å²) in [5.41, 5.74) is 2.23. The number of carbonyl (C=O) groups excluding carboxylic acids is 2. The number of carbonyl (C=O) groups is 2. The first-order chi connectivity index (χ1) is 30.2. The molecule has 11 rings (SSSR count). The van der Waals surface area contributed by atoms with Crippen LogP contribution in [0.15, 0.2) is 102 Å². The number of fused-ring (bicyclic) bond motifs is 9. The molecule has 2 atom stereocenters. The fourth-order valence-electron chi connectivity index (χ4n) is 8.88. The molecule has 5 heterocycles. The Kier molecular flexibility index (Phi) is 10.4. The standard InChI is InChI=1S/C47H32N2O5S8/c50-45(52-21-23-11-3-1-4-12-23)47(46(51)53-22-24-13-5-2-6-14-24)33-41-29(19-31(61-41)48-34-37(55)25-15-7-8-16-26(25)38(34)56)59-43(33)44-36(54-47)42-30(60-44)20-32(62-42)49-35-39(57)27-17-9-10-18-28(27)40(35)58/h1-6,9-14,17-20,25-26,35,49H,7-8,15-16,21-22H2. The van der Waals surface area contributed by atoms with Gasteiger partial charge in [-0.2, -0.15) is 0 Å². The largest absolute Gasteiger partial charge is 0.457 e. The van der Waals surface area contributed by atoms with Crippen molar-refractivity contribution in [3.05, 3.63) is 125 Å². The lowest BCUT2D eigenvalue weighted by Crippen LogP contribution is -2.52. The van der Waals surface area contributed by atoms with Gasteiger partial charge in [0.15, 0.2) is 5.75 Å². The Labute approximate surface area is 393 Å². The molecule has 0 radical (unpaired) electrons. The molecule has 0 spiro atoms. The molecule has 2 unspecified atom stereocenters. The van der Waals surface area contributed by atoms with Crippen LogP contribution >= 0.6 is 94.2 Å². The van der Waals surface area contributed by atoms with Gasteiger partial charge < -0.3 is 19.5 Å². The van der Waals surface area contributed by atoms with E-state index in [4.69, 9.17) is 68.1 Å². The second kappa shape index (κ2) is 16.0. The molecule has 0 saturated heterocycles. The zero-order valence-corrected chi connectivity index (χ0v) is 39.0. The minimum atomic E-state index is -2.33. The lowest BCUT2D eigenvalue weighted by Gasteiger charge is -2.33. The third-order valence-corrected chi connectivity index (χ3v) is 18.6. The summed E-state index contributed by atoms with van der Waals surface area (Å²) < 4.78 is 22.5. The summed E-state index contributed by atoms with van der Waals surface area (Å²) in [4.78, 5) is 40.0. The van der Waals surface area contributed by atoms with Crippen LogP contribution in [0.2, 0.25) is 0 Å². The second-order valence-corrected chi connectivity index (χ2v) is 21.5. The van der Waals surface area contributed by atoms with E-state index in [1.165, 1.54) is 34.0 Å². The summed E-state index contributed by atoms with van der Waals surface area (Å²) in [5.74, 6) is -0.819. The van der Waals surface area contributed by atoms with Crippen LogP contribution in [-0.2, 0) is 37.9 Å². The van der Waals surface area contributed by atoms with Crippen molar-refractivity contribution in [2.24, 2.45) is 16.8 Å². The molecule has 308 valence electrons. The monoisotopic (exact) mass is 960 g/mol. The number of rotatable bonds is 9. The molecular formula is C47H32N2O5S8. The summed E-state index contributed by atoms with van der Waals surface area (Å²) in [6.07, 6.45) is 4.33. The van der Waals surface area contributed by atoms with Crippen LogP contribution in [0.4, 0.5) is 10.0 Å². The molecule has 1 N–H and O–H groups in total. The van der Waals surface area contributed by atoms with Gasteiger partial charge in [-0.3, -0.25) is 0 Å². The van der Waals surface area contributed by atoms with E-state index < -0.39 is 17.5 Å². The number of benzene rings is 3. The maximum atomic E-state index is 15.1. The average Bonchev–Trinajstić information content (AvgIpc) is 4.13. The third-order valence-electron chi connectivity index (χ3n) is 11.9. The summed E-state index contributed by atoms with van der Waals surface area (Å²) >= 11 is 29.7. The van der Waals surface area contributed by atoms with Gasteiger partial charge in [0.05, 0.1) is 55.9 Å². The van der Waals surface area contributed by atoms with Crippen LogP contribution in [0.5, 0.6) is 5.75 Å². The van der Waals surface area contributed by atoms with E-state index in [2.05, 4.69) is 11.4 Å². The average molecular weight is 961 g/mol. The van der Waals surface area contributed by atoms with E-state index in [1.807, 2.05) is 91.0 Å². The Bertz CT molecular complexity index is 2970. The van der Waals surface area contributed by atoms with Crippen molar-refractivity contribution in [2.75, 3.05) is 5.32 Å². The van der Waals surface area contributed by atoms with Crippen molar-refractivity contribution < 1.29 is 23.8 Å². The summed E-state index contributed by atoms with van der Waals surface area (Å²) in [5, 5.41) is 5.10. The summed E-state index contributed by atoms with van der Waals surface area (Å²) in [6, 6.07) is 30.4. The molecule has 4 aromatic heterocycles. The van der Waals surface area contributed by atoms with Gasteiger partial charge in [0, 0.05) is 26.3 Å². The first-order valence-electron chi connectivity index (χ1n) is 20.1. The van der Waals surface area contributed by atoms with Gasteiger partial charge in [-0.05, 0) is 47.2 Å². The summed E-state index contributed by atoms with van der Waals surface area (Å²) in [6.45, 7) is -0.162. The molecule has 15 heteroatoms. The highest BCUT2D eigenvalue weighted by Crippen LogP contribution is 2.61. The number of anilines is 1. The molecule has 3 aliphatic carbocycles. The number of ether oxygens (including phenoxy) is 3. The smallest absolute Gasteiger partial charge is 0.367 e. The van der Waals surface area contributed by atoms with Crippen LogP contribution < -0.4 is 10.1 Å². The van der Waals surface area contributed by atoms with E-state index in [0.29, 0.717) is 21.0 Å². The maximum absolute atomic E-state index is 15.1. The first kappa shape index (κ1) is 40.3. The third kappa shape index (κ3) is 6.58. The molecule has 62 heavy (non-hydrogen) atoms. The Balaban J connectivity index is 1.04. The van der Waals surface area contributed by atoms with E-state index in [-0.39, 0.29) is 31.1 Å². The maximum Gasteiger partial charge on any atom is 0.367 e. The minimum absolute atomic E-state index is 0.0809. The SMILES string of the molecule is O=C(OCc1ccccc1)C1(C(=O)OCc2ccccc2)Oc2c(sc3cc(NC4C(=S)c5ccccc5C4=S)sc23)-c2sc3cc(N=C4C(=S)C5CCCCC5C4=S)sc3c21. The van der Waals surface area contributed by atoms with Crippen LogP contribution in [0.1, 0.15) is 53.5 Å². The number of nitrogens with zero attached hydrogens (tertiary/aromatic N) is 1. The molecule has 0 bridgehead atoms. The molecule has 7 aromatic rings. The molecule has 0 amide bonds. The highest BCUT2D eigenvalue weighted by Gasteiger charge is 2.60. The van der Waals surface area contributed by atoms with Gasteiger partial charge in [0.25, 0.3) is 0 Å². The molecule has 7 nitrogen and oxygen atoms in total. The van der Waals surface area contributed by atoms with E-state index in [0.717, 1.165) is 102 Å². The van der Waals surface area contributed by atoms with Crippen molar-refractivity contribution in [2.45, 2.75) is 50.5 Å². The Hall–Kier alpha value is -4.45. The number of esters is 2. The lowest BCUT2D eigenvalue weighted by atomic mass is 9.82. The van der Waals surface area contributed by atoms with Crippen LogP contribution in [-0.4, -0.2) is 43.2 Å². The molecule has 3 aromatic carbocycles. The highest BCUT2D eigenvalue weighted by molar-refractivity contribution is 7.86. The van der Waals surface area contributed by atoms with E-state index >= 15 is 9.59 Å². The Morgan fingerprint density at radius 3 is 1.82 bits per heavy atom. The van der Waals surface area contributed by atoms with Crippen LogP contribution in [0.25, 0.3) is 28.6 Å². The number of thiocarbonyl (C=S) groups is 4. The quantitative estimate of drug-likeness (QED) is 0.0857. The van der Waals surface area contributed by atoms with Gasteiger partial charge in [-0.25, -0.2) is 14.6 Å². The number of aliphatic imine (C=N–C) groups is 1. The van der Waals surface area contributed by atoms with Crippen molar-refractivity contribution in [1.82, 2.24) is 0 Å². The Morgan fingerprint density at radius 2 is 1.23 bits per heavy atom. The van der Waals surface area contributed by atoms with Gasteiger partial charge in [-0.15, -0.1) is 45.3 Å². The van der Waals surface area contributed by atoms with Crippen molar-refractivity contribution >= 4 is 160 Å². The molecule has 4 aliphatic rings. The predicted octanol–water partition coefficient (Wildman–Crippen LogP) is 12.5. The number of thiophene rings is 4. The van der Waals surface area contributed by atoms with Crippen LogP contribution in [0.3, 0.4) is 0 Å². The van der Waals surface area contributed by atoms with Gasteiger partial charge in [-0.1, -0.05) is 147 Å². The van der Waals surface area contributed by atoms with Crippen molar-refractivity contribution in [1.29, 1.82) is 0 Å². The van der Waals surface area contributed by atoms with E-state index in [9.17, 15) is 0 Å². The van der Waals surface area contributed by atoms with Gasteiger partial charge >= 0.3 is 17.5 Å². The highest BCUT2D eigenvalue weighted by atomic mass is 32.1. The molecular weight excluding hydrogens is 929 g/mol. The minimum Gasteiger partial charge on any atom is -0.457 e. The molecule has 1 aliphatic heterocycles. The molecule has 2 fully saturated rings. The van der Waals surface area contributed by atoms with Crippen molar-refractivity contribution in [3.63, 3.8) is 0 Å². The van der Waals surface area contributed by atoms with Gasteiger partial charge in [0.1, 0.15) is 18.2 Å². The van der Waals surface area contributed by atoms with Gasteiger partial charge in [0.2, 0.25) is 0 Å². The zero-order chi connectivity index (χ0) is 42.3.